The number of fused-ring (bicyclic) bond motifs is 1. The second kappa shape index (κ2) is 7.24. The molecule has 0 radical (unpaired) electrons. The van der Waals surface area contributed by atoms with E-state index in [9.17, 15) is 13.2 Å². The maximum absolute atomic E-state index is 12.9. The van der Waals surface area contributed by atoms with Crippen molar-refractivity contribution in [1.82, 2.24) is 30.2 Å². The Labute approximate surface area is 165 Å². The first kappa shape index (κ1) is 19.0. The Morgan fingerprint density at radius 2 is 2.03 bits per heavy atom. The van der Waals surface area contributed by atoms with Crippen LogP contribution in [0.4, 0.5) is 19.0 Å². The second-order valence-corrected chi connectivity index (χ2v) is 5.95. The van der Waals surface area contributed by atoms with Crippen LogP contribution in [0.2, 0.25) is 0 Å². The van der Waals surface area contributed by atoms with Gasteiger partial charge < -0.3 is 15.2 Å². The van der Waals surface area contributed by atoms with E-state index in [0.29, 0.717) is 0 Å². The first-order valence-corrected chi connectivity index (χ1v) is 8.26. The van der Waals surface area contributed by atoms with Crippen LogP contribution in [0.25, 0.3) is 16.9 Å². The van der Waals surface area contributed by atoms with E-state index in [2.05, 4.69) is 30.2 Å². The van der Waals surface area contributed by atoms with E-state index in [1.165, 1.54) is 35.3 Å². The minimum Gasteiger partial charge on any atom is -0.486 e. The number of nitrogens with one attached hydrogen (secondary N) is 1. The molecule has 0 saturated heterocycles. The Morgan fingerprint density at radius 3 is 2.77 bits per heavy atom. The quantitative estimate of drug-likeness (QED) is 0.506. The zero-order valence-electron chi connectivity index (χ0n) is 14.9. The number of anilines is 1. The number of aromatic amines is 1. The van der Waals surface area contributed by atoms with Crippen LogP contribution in [-0.2, 0) is 6.61 Å². The molecule has 30 heavy (non-hydrogen) atoms. The Bertz CT molecular complexity index is 1260. The van der Waals surface area contributed by atoms with Gasteiger partial charge in [0.25, 0.3) is 0 Å². The number of halogens is 3. The monoisotopic (exact) mass is 416 g/mol. The zero-order valence-corrected chi connectivity index (χ0v) is 14.9. The predicted molar refractivity (Wildman–Crippen MR) is 95.4 cm³/mol. The number of ether oxygens (including phenoxy) is 2. The molecule has 10 nitrogen and oxygen atoms in total. The Kier molecular flexibility index (Phi) is 4.59. The first-order chi connectivity index (χ1) is 14.3. The Balaban J connectivity index is 1.66. The number of alkyl halides is 3. The molecule has 0 aliphatic rings. The maximum Gasteiger partial charge on any atom is 0.573 e. The number of nitrogen functional groups attached to an aromatic ring is 1. The smallest absolute Gasteiger partial charge is 0.486 e. The molecule has 0 amide bonds. The number of benzene rings is 1. The fraction of sp³-hybridized carbons (Fsp3) is 0.118. The van der Waals surface area contributed by atoms with Crippen LogP contribution in [0.1, 0.15) is 11.1 Å². The van der Waals surface area contributed by atoms with Gasteiger partial charge in [0, 0.05) is 23.9 Å². The molecule has 1 aromatic carbocycles. The number of aromatic nitrogens is 6. The van der Waals surface area contributed by atoms with E-state index in [1.807, 2.05) is 6.07 Å². The summed E-state index contributed by atoms with van der Waals surface area (Å²) >= 11 is 0. The van der Waals surface area contributed by atoms with Gasteiger partial charge in [-0.15, -0.1) is 18.3 Å². The zero-order chi connectivity index (χ0) is 21.3. The van der Waals surface area contributed by atoms with Crippen molar-refractivity contribution in [2.75, 3.05) is 5.73 Å². The summed E-state index contributed by atoms with van der Waals surface area (Å²) in [4.78, 5) is 3.96. The lowest BCUT2D eigenvalue weighted by Gasteiger charge is -2.15. The summed E-state index contributed by atoms with van der Waals surface area (Å²) in [5, 5.41) is 22.9. The van der Waals surface area contributed by atoms with E-state index < -0.39 is 12.1 Å². The number of H-pyrrole nitrogens is 1. The summed E-state index contributed by atoms with van der Waals surface area (Å²) in [5.74, 6) is -0.174. The number of nitriles is 1. The first-order valence-electron chi connectivity index (χ1n) is 8.26. The van der Waals surface area contributed by atoms with Gasteiger partial charge in [-0.1, -0.05) is 0 Å². The van der Waals surface area contributed by atoms with Crippen LogP contribution in [0, 0.1) is 11.3 Å². The molecule has 3 N–H and O–H groups in total. The van der Waals surface area contributed by atoms with E-state index in [4.69, 9.17) is 15.7 Å². The van der Waals surface area contributed by atoms with E-state index in [0.717, 1.165) is 6.07 Å². The largest absolute Gasteiger partial charge is 0.573 e. The highest BCUT2D eigenvalue weighted by molar-refractivity contribution is 5.78. The fourth-order valence-corrected chi connectivity index (χ4v) is 2.64. The molecule has 0 bridgehead atoms. The molecule has 4 rings (SSSR count). The molecule has 152 valence electrons. The highest BCUT2D eigenvalue weighted by Gasteiger charge is 2.32. The third kappa shape index (κ3) is 3.92. The molecule has 0 fully saturated rings. The van der Waals surface area contributed by atoms with Crippen molar-refractivity contribution in [3.8, 4) is 23.3 Å². The third-order valence-electron chi connectivity index (χ3n) is 3.91. The van der Waals surface area contributed by atoms with Crippen LogP contribution in [0.5, 0.6) is 11.5 Å². The standard InChI is InChI=1S/C17H11F3N8O2/c18-17(19,20)30-12-3-11(28-7-9(5-21)6-23-28)2-1-10(12)8-29-13-4-14(22)24-16-15(13)25-27-26-16/h1-4,6-7H,8H2,(H3,22,24,25,26,27). The van der Waals surface area contributed by atoms with Crippen molar-refractivity contribution in [3.63, 3.8) is 0 Å². The van der Waals surface area contributed by atoms with Gasteiger partial charge in [0.05, 0.1) is 17.4 Å². The Morgan fingerprint density at radius 1 is 1.20 bits per heavy atom. The predicted octanol–water partition coefficient (Wildman–Crippen LogP) is 2.47. The Hall–Kier alpha value is -4.34. The molecule has 13 heteroatoms. The average Bonchev–Trinajstić information content (AvgIpc) is 3.34. The maximum atomic E-state index is 12.9. The van der Waals surface area contributed by atoms with Crippen molar-refractivity contribution in [2.45, 2.75) is 13.0 Å². The molecule has 3 heterocycles. The number of hydrogen-bond donors (Lipinski definition) is 2. The summed E-state index contributed by atoms with van der Waals surface area (Å²) in [6.45, 7) is -0.278. The molecular formula is C17H11F3N8O2. The number of hydrogen-bond acceptors (Lipinski definition) is 8. The van der Waals surface area contributed by atoms with Crippen LogP contribution < -0.4 is 15.2 Å². The highest BCUT2D eigenvalue weighted by Crippen LogP contribution is 2.31. The molecular weight excluding hydrogens is 405 g/mol. The van der Waals surface area contributed by atoms with Crippen LogP contribution in [0.15, 0.2) is 36.7 Å². The average molecular weight is 416 g/mol. The van der Waals surface area contributed by atoms with Gasteiger partial charge in [-0.05, 0) is 12.1 Å². The van der Waals surface area contributed by atoms with Gasteiger partial charge in [0.15, 0.2) is 11.3 Å². The van der Waals surface area contributed by atoms with Gasteiger partial charge >= 0.3 is 6.36 Å². The van der Waals surface area contributed by atoms with Gasteiger partial charge in [-0.3, -0.25) is 0 Å². The summed E-state index contributed by atoms with van der Waals surface area (Å²) in [7, 11) is 0. The van der Waals surface area contributed by atoms with Crippen LogP contribution in [0.3, 0.4) is 0 Å². The molecule has 0 saturated carbocycles. The van der Waals surface area contributed by atoms with Crippen molar-refractivity contribution in [2.24, 2.45) is 0 Å². The van der Waals surface area contributed by atoms with Crippen molar-refractivity contribution in [1.29, 1.82) is 5.26 Å². The summed E-state index contributed by atoms with van der Waals surface area (Å²) in [5.41, 5.74) is 6.80. The summed E-state index contributed by atoms with van der Waals surface area (Å²) < 4.78 is 49.8. The minimum atomic E-state index is -4.92. The summed E-state index contributed by atoms with van der Waals surface area (Å²) in [6.07, 6.45) is -2.25. The number of nitrogens with two attached hydrogens (primary N) is 1. The number of pyridine rings is 1. The molecule has 0 spiro atoms. The van der Waals surface area contributed by atoms with E-state index in [1.54, 1.807) is 0 Å². The topological polar surface area (TPSA) is 141 Å². The normalized spacial score (nSPS) is 11.4. The molecule has 3 aromatic heterocycles. The van der Waals surface area contributed by atoms with E-state index >= 15 is 0 Å². The second-order valence-electron chi connectivity index (χ2n) is 5.95. The van der Waals surface area contributed by atoms with Gasteiger partial charge in [-0.25, -0.2) is 9.67 Å². The van der Waals surface area contributed by atoms with Crippen molar-refractivity contribution >= 4 is 17.0 Å². The number of rotatable bonds is 5. The molecule has 0 aliphatic heterocycles. The summed E-state index contributed by atoms with van der Waals surface area (Å²) in [6, 6.07) is 7.34. The third-order valence-corrected chi connectivity index (χ3v) is 3.91. The lowest BCUT2D eigenvalue weighted by Crippen LogP contribution is -2.18. The fourth-order valence-electron chi connectivity index (χ4n) is 2.64. The molecule has 0 unspecified atom stereocenters. The highest BCUT2D eigenvalue weighted by atomic mass is 19.4. The van der Waals surface area contributed by atoms with Gasteiger partial charge in [-0.2, -0.15) is 20.7 Å². The SMILES string of the molecule is N#Cc1cnn(-c2ccc(COc3cc(N)nc4n[nH]nc34)c(OC(F)(F)F)c2)c1. The van der Waals surface area contributed by atoms with Gasteiger partial charge in [0.1, 0.15) is 24.2 Å². The van der Waals surface area contributed by atoms with E-state index in [-0.39, 0.29) is 46.2 Å². The van der Waals surface area contributed by atoms with Crippen LogP contribution in [-0.4, -0.2) is 36.5 Å². The van der Waals surface area contributed by atoms with Gasteiger partial charge in [0.2, 0.25) is 5.65 Å². The lowest BCUT2D eigenvalue weighted by atomic mass is 10.2. The van der Waals surface area contributed by atoms with Crippen molar-refractivity contribution < 1.29 is 22.6 Å². The lowest BCUT2D eigenvalue weighted by molar-refractivity contribution is -0.275. The number of nitrogens with zero attached hydrogens (tertiary/aromatic N) is 6. The molecule has 0 atom stereocenters. The molecule has 0 aliphatic carbocycles. The van der Waals surface area contributed by atoms with Crippen molar-refractivity contribution in [3.05, 3.63) is 47.8 Å². The molecule has 4 aromatic rings. The van der Waals surface area contributed by atoms with Crippen LogP contribution >= 0.6 is 0 Å². The minimum absolute atomic E-state index is 0.107.